The Bertz CT molecular complexity index is 807. The molecular formula is C17H20N2O6S2. The second-order valence-corrected chi connectivity index (χ2v) is 6.68. The Labute approximate surface area is 165 Å². The first-order valence-electron chi connectivity index (χ1n) is 7.87. The van der Waals surface area contributed by atoms with Crippen molar-refractivity contribution in [2.45, 2.75) is 20.8 Å². The van der Waals surface area contributed by atoms with Gasteiger partial charge >= 0.3 is 17.9 Å². The summed E-state index contributed by atoms with van der Waals surface area (Å²) in [6.45, 7) is 5.28. The summed E-state index contributed by atoms with van der Waals surface area (Å²) in [5.74, 6) is -2.01. The maximum absolute atomic E-state index is 12.4. The van der Waals surface area contributed by atoms with Gasteiger partial charge in [-0.1, -0.05) is 0 Å². The zero-order chi connectivity index (χ0) is 20.6. The number of nitriles is 1. The molecule has 0 aliphatic heterocycles. The molecule has 146 valence electrons. The monoisotopic (exact) mass is 412 g/mol. The number of rotatable bonds is 8. The summed E-state index contributed by atoms with van der Waals surface area (Å²) >= 11 is 2.08. The van der Waals surface area contributed by atoms with Crippen molar-refractivity contribution in [1.82, 2.24) is 0 Å². The van der Waals surface area contributed by atoms with Crippen molar-refractivity contribution >= 4 is 46.0 Å². The van der Waals surface area contributed by atoms with Crippen LogP contribution in [0.3, 0.4) is 0 Å². The standard InChI is InChI=1S/C17H20N2O6S2/c1-6-24-16(21)11-9(3)12(17(22)25-7-2)27-14(11)19-13(26-5)10(8-18)15(20)23-4/h19H,6-7H2,1-5H3/b13-10+. The maximum Gasteiger partial charge on any atom is 0.351 e. The van der Waals surface area contributed by atoms with E-state index in [1.807, 2.05) is 0 Å². The highest BCUT2D eigenvalue weighted by molar-refractivity contribution is 8.02. The van der Waals surface area contributed by atoms with Crippen LogP contribution in [0, 0.1) is 18.3 Å². The fourth-order valence-electron chi connectivity index (χ4n) is 2.05. The molecule has 10 heteroatoms. The molecule has 0 radical (unpaired) electrons. The second kappa shape index (κ2) is 10.6. The summed E-state index contributed by atoms with van der Waals surface area (Å²) in [5.41, 5.74) is 0.304. The Balaban J connectivity index is 3.52. The van der Waals surface area contributed by atoms with Gasteiger partial charge in [-0.05, 0) is 32.6 Å². The van der Waals surface area contributed by atoms with E-state index in [4.69, 9.17) is 9.47 Å². The zero-order valence-corrected chi connectivity index (χ0v) is 17.3. The van der Waals surface area contributed by atoms with E-state index in [9.17, 15) is 19.6 Å². The number of methoxy groups -OCH3 is 1. The van der Waals surface area contributed by atoms with Crippen LogP contribution < -0.4 is 5.32 Å². The van der Waals surface area contributed by atoms with Gasteiger partial charge in [-0.2, -0.15) is 5.26 Å². The molecule has 1 rings (SSSR count). The van der Waals surface area contributed by atoms with Gasteiger partial charge in [-0.3, -0.25) is 0 Å². The largest absolute Gasteiger partial charge is 0.465 e. The van der Waals surface area contributed by atoms with Gasteiger partial charge in [0.05, 0.1) is 30.9 Å². The number of carbonyl (C=O) groups is 3. The van der Waals surface area contributed by atoms with Crippen molar-refractivity contribution in [3.63, 3.8) is 0 Å². The highest BCUT2D eigenvalue weighted by atomic mass is 32.2. The van der Waals surface area contributed by atoms with Crippen LogP contribution in [0.1, 0.15) is 39.4 Å². The summed E-state index contributed by atoms with van der Waals surface area (Å²) in [7, 11) is 1.16. The average molecular weight is 412 g/mol. The van der Waals surface area contributed by atoms with Crippen LogP contribution >= 0.6 is 23.1 Å². The molecule has 0 saturated carbocycles. The number of hydrogen-bond acceptors (Lipinski definition) is 10. The Morgan fingerprint density at radius 3 is 2.26 bits per heavy atom. The molecule has 0 spiro atoms. The molecular weight excluding hydrogens is 392 g/mol. The predicted octanol–water partition coefficient (Wildman–Crippen LogP) is 3.09. The highest BCUT2D eigenvalue weighted by Gasteiger charge is 2.28. The topological polar surface area (TPSA) is 115 Å². The predicted molar refractivity (Wildman–Crippen MR) is 103 cm³/mol. The van der Waals surface area contributed by atoms with Crippen LogP contribution in [-0.2, 0) is 19.0 Å². The Morgan fingerprint density at radius 1 is 1.19 bits per heavy atom. The molecule has 0 atom stereocenters. The first-order valence-corrected chi connectivity index (χ1v) is 9.91. The number of anilines is 1. The van der Waals surface area contributed by atoms with E-state index in [2.05, 4.69) is 10.1 Å². The van der Waals surface area contributed by atoms with E-state index in [0.717, 1.165) is 30.2 Å². The molecule has 0 fully saturated rings. The van der Waals surface area contributed by atoms with Gasteiger partial charge in [0.15, 0.2) is 5.57 Å². The van der Waals surface area contributed by atoms with Gasteiger partial charge in [0.2, 0.25) is 0 Å². The van der Waals surface area contributed by atoms with Crippen LogP contribution in [0.4, 0.5) is 5.00 Å². The molecule has 27 heavy (non-hydrogen) atoms. The molecule has 1 N–H and O–H groups in total. The molecule has 0 amide bonds. The van der Waals surface area contributed by atoms with Crippen LogP contribution in [0.2, 0.25) is 0 Å². The van der Waals surface area contributed by atoms with Gasteiger partial charge in [-0.15, -0.1) is 23.1 Å². The highest BCUT2D eigenvalue weighted by Crippen LogP contribution is 2.36. The summed E-state index contributed by atoms with van der Waals surface area (Å²) in [5, 5.41) is 12.6. The maximum atomic E-state index is 12.4. The van der Waals surface area contributed by atoms with Crippen molar-refractivity contribution in [2.24, 2.45) is 0 Å². The van der Waals surface area contributed by atoms with Crippen molar-refractivity contribution in [1.29, 1.82) is 5.26 Å². The van der Waals surface area contributed by atoms with Crippen molar-refractivity contribution in [3.8, 4) is 6.07 Å². The number of thioether (sulfide) groups is 1. The van der Waals surface area contributed by atoms with Gasteiger partial charge in [0, 0.05) is 0 Å². The minimum atomic E-state index is -0.814. The summed E-state index contributed by atoms with van der Waals surface area (Å²) < 4.78 is 14.7. The lowest BCUT2D eigenvalue weighted by molar-refractivity contribution is -0.135. The fourth-order valence-corrected chi connectivity index (χ4v) is 3.75. The number of nitrogens with one attached hydrogen (secondary N) is 1. The Morgan fingerprint density at radius 2 is 1.78 bits per heavy atom. The average Bonchev–Trinajstić information content (AvgIpc) is 2.97. The van der Waals surface area contributed by atoms with Crippen LogP contribution in [0.5, 0.6) is 0 Å². The van der Waals surface area contributed by atoms with E-state index >= 15 is 0 Å². The van der Waals surface area contributed by atoms with Gasteiger partial charge in [0.1, 0.15) is 15.9 Å². The minimum Gasteiger partial charge on any atom is -0.465 e. The quantitative estimate of drug-likeness (QED) is 0.298. The van der Waals surface area contributed by atoms with E-state index in [1.165, 1.54) is 0 Å². The third kappa shape index (κ3) is 5.24. The van der Waals surface area contributed by atoms with Crippen LogP contribution in [0.25, 0.3) is 0 Å². The number of carbonyl (C=O) groups excluding carboxylic acids is 3. The van der Waals surface area contributed by atoms with E-state index in [0.29, 0.717) is 5.56 Å². The number of hydrogen-bond donors (Lipinski definition) is 1. The number of nitrogens with zero attached hydrogens (tertiary/aromatic N) is 1. The van der Waals surface area contributed by atoms with E-state index in [1.54, 1.807) is 33.1 Å². The Kier molecular flexibility index (Phi) is 8.84. The number of ether oxygens (including phenoxy) is 3. The molecule has 0 aliphatic carbocycles. The lowest BCUT2D eigenvalue weighted by atomic mass is 10.1. The second-order valence-electron chi connectivity index (χ2n) is 4.84. The summed E-state index contributed by atoms with van der Waals surface area (Å²) in [6, 6.07) is 1.78. The van der Waals surface area contributed by atoms with E-state index < -0.39 is 17.9 Å². The van der Waals surface area contributed by atoms with Gasteiger partial charge in [0.25, 0.3) is 0 Å². The molecule has 0 aromatic carbocycles. The zero-order valence-electron chi connectivity index (χ0n) is 15.6. The molecule has 1 aromatic rings. The molecule has 0 saturated heterocycles. The lowest BCUT2D eigenvalue weighted by Crippen LogP contribution is -2.12. The number of esters is 3. The van der Waals surface area contributed by atoms with Gasteiger partial charge < -0.3 is 19.5 Å². The molecule has 1 aromatic heterocycles. The summed E-state index contributed by atoms with van der Waals surface area (Å²) in [6.07, 6.45) is 1.65. The van der Waals surface area contributed by atoms with Gasteiger partial charge in [-0.25, -0.2) is 14.4 Å². The number of thiophene rings is 1. The third-order valence-electron chi connectivity index (χ3n) is 3.25. The van der Waals surface area contributed by atoms with Crippen molar-refractivity contribution < 1.29 is 28.6 Å². The third-order valence-corrected chi connectivity index (χ3v) is 5.15. The molecule has 0 unspecified atom stereocenters. The molecule has 0 bridgehead atoms. The van der Waals surface area contributed by atoms with E-state index in [-0.39, 0.29) is 39.3 Å². The summed E-state index contributed by atoms with van der Waals surface area (Å²) in [4.78, 5) is 36.6. The van der Waals surface area contributed by atoms with Crippen molar-refractivity contribution in [2.75, 3.05) is 31.9 Å². The Hall–Kier alpha value is -2.51. The van der Waals surface area contributed by atoms with Crippen LogP contribution in [-0.4, -0.2) is 44.5 Å². The van der Waals surface area contributed by atoms with Crippen LogP contribution in [0.15, 0.2) is 10.6 Å². The first kappa shape index (κ1) is 22.5. The SMILES string of the molecule is CCOC(=O)c1sc(N/C(SC)=C(/C#N)C(=O)OC)c(C(=O)OCC)c1C. The molecule has 0 aliphatic rings. The minimum absolute atomic E-state index is 0.151. The molecule has 8 nitrogen and oxygen atoms in total. The lowest BCUT2D eigenvalue weighted by Gasteiger charge is -2.11. The molecule has 1 heterocycles. The fraction of sp³-hybridized carbons (Fsp3) is 0.412. The van der Waals surface area contributed by atoms with Crippen molar-refractivity contribution in [3.05, 3.63) is 26.6 Å². The normalized spacial score (nSPS) is 11.1. The smallest absolute Gasteiger partial charge is 0.351 e. The first-order chi connectivity index (χ1) is 12.9.